The minimum absolute atomic E-state index is 0.195. The quantitative estimate of drug-likeness (QED) is 0.252. The molecule has 0 spiro atoms. The Morgan fingerprint density at radius 1 is 0.625 bits per heavy atom. The summed E-state index contributed by atoms with van der Waals surface area (Å²) in [5.41, 5.74) is 4.32. The molecule has 0 unspecified atom stereocenters. The van der Waals surface area contributed by atoms with Crippen molar-refractivity contribution in [2.45, 2.75) is 44.1 Å². The molecule has 3 aliphatic heterocycles. The fourth-order valence-corrected chi connectivity index (χ4v) is 5.66. The SMILES string of the molecule is c1ccc(COC[C@H]2[C@H](OCc3ccccc3)[C@@H](OCc3ccccc3)[C@@H]3c4cc5c(cc4ON23)OCO5)cc1. The Morgan fingerprint density at radius 2 is 1.18 bits per heavy atom. The molecule has 0 radical (unpaired) electrons. The van der Waals surface area contributed by atoms with Crippen molar-refractivity contribution in [2.24, 2.45) is 0 Å². The van der Waals surface area contributed by atoms with Gasteiger partial charge in [-0.25, -0.2) is 0 Å². The van der Waals surface area contributed by atoms with Crippen molar-refractivity contribution in [1.29, 1.82) is 0 Å². The van der Waals surface area contributed by atoms with E-state index in [1.54, 1.807) is 0 Å². The molecule has 0 aromatic heterocycles. The first-order chi connectivity index (χ1) is 19.8. The standard InChI is InChI=1S/C33H31NO6/c1-4-10-23(11-5-1)18-35-21-27-32(36-19-24-12-6-2-7-13-24)33(37-20-25-14-8-3-9-15-25)31-26-16-29-30(39-22-38-29)17-28(26)40-34(27)31/h1-17,27,31-33H,18-22H2/t27-,31-,32-,33-/m0/s1. The summed E-state index contributed by atoms with van der Waals surface area (Å²) in [6.45, 7) is 2.04. The highest BCUT2D eigenvalue weighted by molar-refractivity contribution is 5.55. The number of fused-ring (bicyclic) bond motifs is 4. The molecule has 0 N–H and O–H groups in total. The van der Waals surface area contributed by atoms with E-state index >= 15 is 0 Å². The maximum Gasteiger partial charge on any atom is 0.231 e. The summed E-state index contributed by atoms with van der Waals surface area (Å²) in [5, 5.41) is 2.00. The monoisotopic (exact) mass is 537 g/mol. The second kappa shape index (κ2) is 11.3. The second-order valence-electron chi connectivity index (χ2n) is 10.2. The Labute approximate surface area is 233 Å². The van der Waals surface area contributed by atoms with Crippen LogP contribution in [-0.4, -0.2) is 36.7 Å². The van der Waals surface area contributed by atoms with E-state index in [2.05, 4.69) is 36.4 Å². The summed E-state index contributed by atoms with van der Waals surface area (Å²) < 4.78 is 31.0. The molecule has 0 aliphatic carbocycles. The van der Waals surface area contributed by atoms with Crippen molar-refractivity contribution in [3.05, 3.63) is 125 Å². The molecule has 0 amide bonds. The van der Waals surface area contributed by atoms with E-state index in [0.29, 0.717) is 32.2 Å². The van der Waals surface area contributed by atoms with E-state index in [9.17, 15) is 0 Å². The Balaban J connectivity index is 1.19. The van der Waals surface area contributed by atoms with Crippen molar-refractivity contribution >= 4 is 0 Å². The minimum atomic E-state index is -0.309. The van der Waals surface area contributed by atoms with E-state index in [4.69, 9.17) is 28.5 Å². The molecule has 7 nitrogen and oxygen atoms in total. The van der Waals surface area contributed by atoms with Crippen LogP contribution in [0.5, 0.6) is 17.2 Å². The number of hydrogen-bond donors (Lipinski definition) is 0. The summed E-state index contributed by atoms with van der Waals surface area (Å²) in [4.78, 5) is 6.49. The Hall–Kier alpha value is -3.88. The lowest BCUT2D eigenvalue weighted by molar-refractivity contribution is -0.125. The average molecular weight is 538 g/mol. The molecular formula is C33H31NO6. The fourth-order valence-electron chi connectivity index (χ4n) is 5.66. The third-order valence-corrected chi connectivity index (χ3v) is 7.61. The maximum atomic E-state index is 6.70. The van der Waals surface area contributed by atoms with Crippen LogP contribution < -0.4 is 14.3 Å². The molecule has 7 rings (SSSR count). The topological polar surface area (TPSA) is 58.6 Å². The van der Waals surface area contributed by atoms with Gasteiger partial charge in [-0.1, -0.05) is 91.0 Å². The van der Waals surface area contributed by atoms with Gasteiger partial charge in [-0.05, 0) is 22.8 Å². The number of hydrogen-bond acceptors (Lipinski definition) is 7. The molecule has 3 aliphatic rings. The van der Waals surface area contributed by atoms with Crippen LogP contribution in [0.25, 0.3) is 0 Å². The van der Waals surface area contributed by atoms with Gasteiger partial charge in [0.25, 0.3) is 0 Å². The van der Waals surface area contributed by atoms with Gasteiger partial charge in [0, 0.05) is 11.6 Å². The van der Waals surface area contributed by atoms with Gasteiger partial charge < -0.3 is 28.5 Å². The maximum absolute atomic E-state index is 6.70. The zero-order valence-electron chi connectivity index (χ0n) is 22.1. The van der Waals surface area contributed by atoms with Crippen LogP contribution >= 0.6 is 0 Å². The van der Waals surface area contributed by atoms with Gasteiger partial charge in [0.2, 0.25) is 6.79 Å². The lowest BCUT2D eigenvalue weighted by Crippen LogP contribution is -2.42. The largest absolute Gasteiger partial charge is 0.454 e. The predicted octanol–water partition coefficient (Wildman–Crippen LogP) is 5.84. The van der Waals surface area contributed by atoms with Gasteiger partial charge in [-0.3, -0.25) is 0 Å². The normalized spacial score (nSPS) is 22.6. The summed E-state index contributed by atoms with van der Waals surface area (Å²) >= 11 is 0. The molecule has 0 saturated carbocycles. The first-order valence-corrected chi connectivity index (χ1v) is 13.7. The second-order valence-corrected chi connectivity index (χ2v) is 10.2. The lowest BCUT2D eigenvalue weighted by atomic mass is 9.99. The van der Waals surface area contributed by atoms with E-state index in [-0.39, 0.29) is 31.1 Å². The number of nitrogens with zero attached hydrogens (tertiary/aromatic N) is 1. The van der Waals surface area contributed by atoms with E-state index < -0.39 is 0 Å². The molecule has 3 heterocycles. The molecule has 40 heavy (non-hydrogen) atoms. The van der Waals surface area contributed by atoms with Crippen LogP contribution in [-0.2, 0) is 34.0 Å². The highest BCUT2D eigenvalue weighted by Crippen LogP contribution is 2.52. The number of rotatable bonds is 10. The molecule has 4 aromatic rings. The number of hydroxylamine groups is 2. The van der Waals surface area contributed by atoms with Crippen LogP contribution in [0.2, 0.25) is 0 Å². The smallest absolute Gasteiger partial charge is 0.231 e. The van der Waals surface area contributed by atoms with Crippen LogP contribution in [0, 0.1) is 0 Å². The molecule has 1 fully saturated rings. The Bertz CT molecular complexity index is 1420. The zero-order chi connectivity index (χ0) is 26.7. The van der Waals surface area contributed by atoms with Crippen molar-refractivity contribution in [3.63, 3.8) is 0 Å². The molecule has 4 atom stereocenters. The first-order valence-electron chi connectivity index (χ1n) is 13.7. The van der Waals surface area contributed by atoms with Crippen LogP contribution in [0.15, 0.2) is 103 Å². The average Bonchev–Trinajstić information content (AvgIpc) is 3.68. The number of ether oxygens (including phenoxy) is 5. The van der Waals surface area contributed by atoms with Gasteiger partial charge in [0.1, 0.15) is 18.2 Å². The fraction of sp³-hybridized carbons (Fsp3) is 0.273. The third-order valence-electron chi connectivity index (χ3n) is 7.61. The Kier molecular flexibility index (Phi) is 7.10. The van der Waals surface area contributed by atoms with Crippen molar-refractivity contribution in [1.82, 2.24) is 5.06 Å². The zero-order valence-corrected chi connectivity index (χ0v) is 22.1. The summed E-state index contributed by atoms with van der Waals surface area (Å²) in [6, 6.07) is 34.1. The molecular weight excluding hydrogens is 506 g/mol. The highest BCUT2D eigenvalue weighted by atomic mass is 16.7. The number of benzene rings is 4. The molecule has 1 saturated heterocycles. The van der Waals surface area contributed by atoms with Gasteiger partial charge in [0.15, 0.2) is 17.2 Å². The molecule has 7 heteroatoms. The van der Waals surface area contributed by atoms with Crippen molar-refractivity contribution in [2.75, 3.05) is 13.4 Å². The van der Waals surface area contributed by atoms with Crippen LogP contribution in [0.4, 0.5) is 0 Å². The van der Waals surface area contributed by atoms with Crippen molar-refractivity contribution < 1.29 is 28.5 Å². The van der Waals surface area contributed by atoms with Gasteiger partial charge >= 0.3 is 0 Å². The summed E-state index contributed by atoms with van der Waals surface area (Å²) in [7, 11) is 0. The molecule has 4 aromatic carbocycles. The van der Waals surface area contributed by atoms with Crippen molar-refractivity contribution in [3.8, 4) is 17.2 Å². The lowest BCUT2D eigenvalue weighted by Gasteiger charge is -2.27. The summed E-state index contributed by atoms with van der Waals surface area (Å²) in [6.07, 6.45) is -0.612. The van der Waals surface area contributed by atoms with Crippen LogP contribution in [0.1, 0.15) is 28.3 Å². The highest BCUT2D eigenvalue weighted by Gasteiger charge is 2.57. The Morgan fingerprint density at radius 3 is 1.80 bits per heavy atom. The van der Waals surface area contributed by atoms with Gasteiger partial charge in [-0.15, -0.1) is 5.06 Å². The third kappa shape index (κ3) is 5.05. The summed E-state index contributed by atoms with van der Waals surface area (Å²) in [5.74, 6) is 2.16. The predicted molar refractivity (Wildman–Crippen MR) is 148 cm³/mol. The first kappa shape index (κ1) is 25.1. The van der Waals surface area contributed by atoms with Gasteiger partial charge in [-0.2, -0.15) is 0 Å². The van der Waals surface area contributed by atoms with E-state index in [0.717, 1.165) is 33.8 Å². The minimum Gasteiger partial charge on any atom is -0.454 e. The van der Waals surface area contributed by atoms with E-state index in [1.165, 1.54) is 0 Å². The van der Waals surface area contributed by atoms with E-state index in [1.807, 2.05) is 71.8 Å². The van der Waals surface area contributed by atoms with Crippen LogP contribution in [0.3, 0.4) is 0 Å². The molecule has 0 bridgehead atoms. The van der Waals surface area contributed by atoms with Gasteiger partial charge in [0.05, 0.1) is 32.5 Å². The molecule has 204 valence electrons.